The van der Waals surface area contributed by atoms with Gasteiger partial charge in [-0.3, -0.25) is 9.05 Å². The smallest absolute Gasteiger partial charge is 0.313 e. The Balaban J connectivity index is 1.83. The van der Waals surface area contributed by atoms with Gasteiger partial charge in [-0.1, -0.05) is 30.3 Å². The van der Waals surface area contributed by atoms with Crippen molar-refractivity contribution < 1.29 is 24.0 Å². The zero-order valence-corrected chi connectivity index (χ0v) is 22.9. The number of nitrogens with zero attached hydrogens (tertiary/aromatic N) is 2. The minimum Gasteiger partial charge on any atom is -0.313 e. The summed E-state index contributed by atoms with van der Waals surface area (Å²) in [5.41, 5.74) is -1.18. The molecular weight excluding hydrogens is 453 g/mol. The number of piperidine rings is 2. The third kappa shape index (κ3) is 6.29. The van der Waals surface area contributed by atoms with Crippen molar-refractivity contribution in [3.8, 4) is 0 Å². The molecule has 1 aromatic carbocycles. The molecule has 0 radical (unpaired) electrons. The van der Waals surface area contributed by atoms with Gasteiger partial charge in [-0.25, -0.2) is 9.65 Å². The fraction of sp³-hybridized carbons (Fsp3) is 0.760. The first kappa shape index (κ1) is 27.8. The summed E-state index contributed by atoms with van der Waals surface area (Å²) in [5.74, 6) is 0. The molecule has 2 aliphatic heterocycles. The molecule has 2 saturated heterocycles. The fourth-order valence-corrected chi connectivity index (χ4v) is 7.44. The van der Waals surface area contributed by atoms with Crippen LogP contribution in [0.5, 0.6) is 0 Å². The number of hydroxylamine groups is 4. The maximum Gasteiger partial charge on any atom is 0.406 e. The standard InChI is InChI=1S/C25H44N3O5P/c1-22(2)14-20(15-23(3,4)27(22)29)32-34(31,26-18-19-12-10-9-11-13-19)33-21-16-24(5,6)28(30)25(7,8)17-21/h9-13,20-21,29-30H,14-18H2,1-8H3,(H,26,31). The number of hydrogen-bond donors (Lipinski definition) is 3. The second kappa shape index (κ2) is 9.56. The molecule has 3 N–H and O–H groups in total. The Morgan fingerprint density at radius 3 is 1.50 bits per heavy atom. The molecule has 3 rings (SSSR count). The van der Waals surface area contributed by atoms with E-state index in [0.717, 1.165) is 5.56 Å². The second-order valence-corrected chi connectivity index (χ2v) is 14.2. The Morgan fingerprint density at radius 2 is 1.15 bits per heavy atom. The molecule has 0 atom stereocenters. The predicted molar refractivity (Wildman–Crippen MR) is 133 cm³/mol. The number of hydrogen-bond acceptors (Lipinski definition) is 7. The van der Waals surface area contributed by atoms with E-state index in [0.29, 0.717) is 32.2 Å². The van der Waals surface area contributed by atoms with Crippen molar-refractivity contribution in [2.45, 2.75) is 122 Å². The Hall–Kier alpha value is -0.830. The SMILES string of the molecule is CC1(C)CC(OP(=O)(NCc2ccccc2)OC2CC(C)(C)N(O)C(C)(C)C2)CC(C)(C)N1O. The highest BCUT2D eigenvalue weighted by molar-refractivity contribution is 7.51. The lowest BCUT2D eigenvalue weighted by Crippen LogP contribution is -2.61. The van der Waals surface area contributed by atoms with Crippen molar-refractivity contribution in [1.29, 1.82) is 0 Å². The van der Waals surface area contributed by atoms with Crippen LogP contribution in [0.15, 0.2) is 30.3 Å². The molecule has 0 aromatic heterocycles. The Morgan fingerprint density at radius 1 is 0.794 bits per heavy atom. The average Bonchev–Trinajstić information content (AvgIpc) is 2.68. The molecule has 0 unspecified atom stereocenters. The van der Waals surface area contributed by atoms with Crippen molar-refractivity contribution >= 4 is 7.75 Å². The summed E-state index contributed by atoms with van der Waals surface area (Å²) >= 11 is 0. The number of rotatable bonds is 7. The highest BCUT2D eigenvalue weighted by Gasteiger charge is 2.50. The van der Waals surface area contributed by atoms with E-state index in [2.05, 4.69) is 5.09 Å². The van der Waals surface area contributed by atoms with Crippen molar-refractivity contribution in [2.24, 2.45) is 0 Å². The quantitative estimate of drug-likeness (QED) is 0.411. The molecule has 9 heteroatoms. The average molecular weight is 498 g/mol. The monoisotopic (exact) mass is 497 g/mol. The van der Waals surface area contributed by atoms with Crippen molar-refractivity contribution in [3.05, 3.63) is 35.9 Å². The van der Waals surface area contributed by atoms with Crippen LogP contribution in [0.1, 0.15) is 86.6 Å². The Labute approximate surface area is 205 Å². The maximum absolute atomic E-state index is 14.2. The lowest BCUT2D eigenvalue weighted by atomic mass is 9.80. The van der Waals surface area contributed by atoms with Gasteiger partial charge < -0.3 is 10.4 Å². The van der Waals surface area contributed by atoms with E-state index in [4.69, 9.17) is 9.05 Å². The van der Waals surface area contributed by atoms with E-state index in [-0.39, 0.29) is 12.2 Å². The second-order valence-electron chi connectivity index (χ2n) is 12.5. The van der Waals surface area contributed by atoms with E-state index in [1.807, 2.05) is 85.7 Å². The van der Waals surface area contributed by atoms with Crippen molar-refractivity contribution in [2.75, 3.05) is 0 Å². The molecular formula is C25H44N3O5P. The summed E-state index contributed by atoms with van der Waals surface area (Å²) in [7, 11) is -3.74. The lowest BCUT2D eigenvalue weighted by Gasteiger charge is -2.52. The fourth-order valence-electron chi connectivity index (χ4n) is 5.78. The molecule has 0 spiro atoms. The highest BCUT2D eigenvalue weighted by Crippen LogP contribution is 2.53. The van der Waals surface area contributed by atoms with Crippen LogP contribution in [0.3, 0.4) is 0 Å². The van der Waals surface area contributed by atoms with Gasteiger partial charge in [-0.2, -0.15) is 10.1 Å². The highest BCUT2D eigenvalue weighted by atomic mass is 31.2. The molecule has 8 nitrogen and oxygen atoms in total. The summed E-state index contributed by atoms with van der Waals surface area (Å²) < 4.78 is 26.8. The Bertz CT molecular complexity index is 806. The van der Waals surface area contributed by atoms with Gasteiger partial charge in [0.1, 0.15) is 0 Å². The van der Waals surface area contributed by atoms with Crippen molar-refractivity contribution in [3.63, 3.8) is 0 Å². The van der Waals surface area contributed by atoms with E-state index in [1.54, 1.807) is 0 Å². The van der Waals surface area contributed by atoms with Crippen LogP contribution in [0.2, 0.25) is 0 Å². The molecule has 0 amide bonds. The third-order valence-corrected chi connectivity index (χ3v) is 8.79. The predicted octanol–water partition coefficient (Wildman–Crippen LogP) is 5.74. The third-order valence-electron chi connectivity index (χ3n) is 7.10. The summed E-state index contributed by atoms with van der Waals surface area (Å²) in [6.07, 6.45) is 1.33. The molecule has 2 aliphatic rings. The van der Waals surface area contributed by atoms with Crippen LogP contribution in [0.25, 0.3) is 0 Å². The summed E-state index contributed by atoms with van der Waals surface area (Å²) in [6, 6.07) is 9.74. The van der Waals surface area contributed by atoms with Gasteiger partial charge in [0, 0.05) is 28.7 Å². The summed E-state index contributed by atoms with van der Waals surface area (Å²) in [4.78, 5) is 0. The minimum absolute atomic E-state index is 0.343. The molecule has 2 heterocycles. The molecule has 1 aromatic rings. The van der Waals surface area contributed by atoms with Gasteiger partial charge in [-0.15, -0.1) is 0 Å². The minimum atomic E-state index is -3.74. The van der Waals surface area contributed by atoms with Crippen LogP contribution in [0.4, 0.5) is 0 Å². The molecule has 2 fully saturated rings. The molecule has 34 heavy (non-hydrogen) atoms. The van der Waals surface area contributed by atoms with E-state index in [1.165, 1.54) is 10.1 Å². The molecule has 0 saturated carbocycles. The Kier molecular flexibility index (Phi) is 7.81. The van der Waals surface area contributed by atoms with Crippen LogP contribution in [-0.4, -0.2) is 54.9 Å². The lowest BCUT2D eigenvalue weighted by molar-refractivity contribution is -0.258. The van der Waals surface area contributed by atoms with Gasteiger partial charge in [-0.05, 0) is 86.6 Å². The number of benzene rings is 1. The largest absolute Gasteiger partial charge is 0.406 e. The van der Waals surface area contributed by atoms with E-state index >= 15 is 0 Å². The summed E-state index contributed by atoms with van der Waals surface area (Å²) in [6.45, 7) is 16.0. The van der Waals surface area contributed by atoms with Gasteiger partial charge >= 0.3 is 7.75 Å². The van der Waals surface area contributed by atoms with E-state index < -0.39 is 29.9 Å². The van der Waals surface area contributed by atoms with Gasteiger partial charge in [0.25, 0.3) is 0 Å². The maximum atomic E-state index is 14.2. The van der Waals surface area contributed by atoms with Crippen LogP contribution >= 0.6 is 7.75 Å². The first-order valence-electron chi connectivity index (χ1n) is 12.2. The van der Waals surface area contributed by atoms with Gasteiger partial charge in [0.05, 0.1) is 12.2 Å². The molecule has 0 aliphatic carbocycles. The van der Waals surface area contributed by atoms with Crippen LogP contribution < -0.4 is 5.09 Å². The normalized spacial score (nSPS) is 25.9. The topological polar surface area (TPSA) is 94.5 Å². The zero-order chi connectivity index (χ0) is 25.6. The molecule has 0 bridgehead atoms. The van der Waals surface area contributed by atoms with Crippen LogP contribution in [-0.2, 0) is 20.2 Å². The van der Waals surface area contributed by atoms with Gasteiger partial charge in [0.2, 0.25) is 0 Å². The first-order valence-corrected chi connectivity index (χ1v) is 13.7. The van der Waals surface area contributed by atoms with Crippen LogP contribution in [0, 0.1) is 0 Å². The molecule has 194 valence electrons. The van der Waals surface area contributed by atoms with E-state index in [9.17, 15) is 15.0 Å². The summed E-state index contributed by atoms with van der Waals surface area (Å²) in [5, 5.41) is 27.2. The van der Waals surface area contributed by atoms with Crippen molar-refractivity contribution in [1.82, 2.24) is 15.2 Å². The zero-order valence-electron chi connectivity index (χ0n) is 22.0. The van der Waals surface area contributed by atoms with Gasteiger partial charge in [0.15, 0.2) is 0 Å². The first-order chi connectivity index (χ1) is 15.5. The number of nitrogens with one attached hydrogen (secondary N) is 1.